The normalized spacial score (nSPS) is 10.0. The number of hydrogen-bond acceptors (Lipinski definition) is 2. The van der Waals surface area contributed by atoms with Crippen molar-refractivity contribution in [1.29, 1.82) is 0 Å². The first-order valence-corrected chi connectivity index (χ1v) is 3.83. The van der Waals surface area contributed by atoms with Crippen molar-refractivity contribution >= 4 is 5.91 Å². The van der Waals surface area contributed by atoms with Gasteiger partial charge in [0.1, 0.15) is 0 Å². The predicted molar refractivity (Wildman–Crippen MR) is 45.5 cm³/mol. The van der Waals surface area contributed by atoms with Crippen LogP contribution < -0.4 is 0 Å². The van der Waals surface area contributed by atoms with Crippen LogP contribution >= 0.6 is 0 Å². The molecule has 3 nitrogen and oxygen atoms in total. The lowest BCUT2D eigenvalue weighted by Crippen LogP contribution is -2.25. The first-order valence-electron chi connectivity index (χ1n) is 3.83. The van der Waals surface area contributed by atoms with E-state index in [9.17, 15) is 13.6 Å². The molecule has 0 spiro atoms. The van der Waals surface area contributed by atoms with E-state index in [1.165, 1.54) is 20.2 Å². The second kappa shape index (κ2) is 4.15. The largest absolute Gasteiger partial charge is 0.277 e. The predicted octanol–water partition coefficient (Wildman–Crippen LogP) is 1.60. The Morgan fingerprint density at radius 3 is 2.50 bits per heavy atom. The van der Waals surface area contributed by atoms with Gasteiger partial charge in [-0.05, 0) is 18.2 Å². The molecule has 0 heterocycles. The Bertz CT molecular complexity index is 355. The first-order chi connectivity index (χ1) is 6.56. The molecule has 0 saturated carbocycles. The third-order valence-corrected chi connectivity index (χ3v) is 1.73. The van der Waals surface area contributed by atoms with Gasteiger partial charge in [-0.1, -0.05) is 0 Å². The quantitative estimate of drug-likeness (QED) is 0.680. The van der Waals surface area contributed by atoms with Gasteiger partial charge in [-0.3, -0.25) is 9.63 Å². The Hall–Kier alpha value is -1.49. The zero-order chi connectivity index (χ0) is 10.7. The lowest BCUT2D eigenvalue weighted by atomic mass is 10.2. The van der Waals surface area contributed by atoms with Gasteiger partial charge in [-0.15, -0.1) is 0 Å². The molecule has 0 N–H and O–H groups in total. The second-order valence-corrected chi connectivity index (χ2v) is 2.61. The van der Waals surface area contributed by atoms with Crippen molar-refractivity contribution < 1.29 is 18.4 Å². The molecular weight excluding hydrogens is 192 g/mol. The lowest BCUT2D eigenvalue weighted by Gasteiger charge is -2.13. The molecule has 1 aromatic rings. The minimum absolute atomic E-state index is 0.0354. The fourth-order valence-corrected chi connectivity index (χ4v) is 0.894. The van der Waals surface area contributed by atoms with Crippen LogP contribution in [0.15, 0.2) is 18.2 Å². The fourth-order valence-electron chi connectivity index (χ4n) is 0.894. The van der Waals surface area contributed by atoms with E-state index in [2.05, 4.69) is 4.84 Å². The van der Waals surface area contributed by atoms with Gasteiger partial charge in [-0.2, -0.15) is 0 Å². The Balaban J connectivity index is 2.97. The zero-order valence-electron chi connectivity index (χ0n) is 7.75. The van der Waals surface area contributed by atoms with Gasteiger partial charge in [0.15, 0.2) is 11.6 Å². The van der Waals surface area contributed by atoms with Crippen LogP contribution in [-0.2, 0) is 4.84 Å². The van der Waals surface area contributed by atoms with Crippen LogP contribution in [0.2, 0.25) is 0 Å². The number of carbonyl (C=O) groups excluding carboxylic acids is 1. The summed E-state index contributed by atoms with van der Waals surface area (Å²) >= 11 is 0. The van der Waals surface area contributed by atoms with E-state index in [0.717, 1.165) is 17.2 Å². The van der Waals surface area contributed by atoms with E-state index in [4.69, 9.17) is 0 Å². The lowest BCUT2D eigenvalue weighted by molar-refractivity contribution is -0.0757. The summed E-state index contributed by atoms with van der Waals surface area (Å²) in [6.07, 6.45) is 0. The van der Waals surface area contributed by atoms with E-state index in [1.54, 1.807) is 0 Å². The van der Waals surface area contributed by atoms with Crippen molar-refractivity contribution in [2.45, 2.75) is 0 Å². The number of nitrogens with zero attached hydrogens (tertiary/aromatic N) is 1. The van der Waals surface area contributed by atoms with Crippen molar-refractivity contribution in [2.24, 2.45) is 0 Å². The number of rotatable bonds is 2. The summed E-state index contributed by atoms with van der Waals surface area (Å²) < 4.78 is 25.2. The molecule has 0 atom stereocenters. The van der Waals surface area contributed by atoms with E-state index in [1.807, 2.05) is 0 Å². The van der Waals surface area contributed by atoms with Crippen molar-refractivity contribution in [3.8, 4) is 0 Å². The average molecular weight is 201 g/mol. The van der Waals surface area contributed by atoms with Crippen LogP contribution in [0.5, 0.6) is 0 Å². The summed E-state index contributed by atoms with van der Waals surface area (Å²) in [5, 5.41) is 0.923. The molecule has 14 heavy (non-hydrogen) atoms. The minimum Gasteiger partial charge on any atom is -0.274 e. The molecule has 1 amide bonds. The third kappa shape index (κ3) is 2.05. The van der Waals surface area contributed by atoms with Gasteiger partial charge < -0.3 is 0 Å². The maximum Gasteiger partial charge on any atom is 0.277 e. The molecule has 76 valence electrons. The molecule has 0 bridgehead atoms. The minimum atomic E-state index is -1.06. The summed E-state index contributed by atoms with van der Waals surface area (Å²) in [7, 11) is 2.68. The summed E-state index contributed by atoms with van der Waals surface area (Å²) in [6, 6.07) is 2.91. The van der Waals surface area contributed by atoms with Crippen LogP contribution in [0.25, 0.3) is 0 Å². The first kappa shape index (κ1) is 10.6. The molecule has 0 aliphatic rings. The third-order valence-electron chi connectivity index (χ3n) is 1.73. The average Bonchev–Trinajstić information content (AvgIpc) is 2.20. The van der Waals surface area contributed by atoms with Gasteiger partial charge >= 0.3 is 0 Å². The maximum absolute atomic E-state index is 12.7. The van der Waals surface area contributed by atoms with Gasteiger partial charge in [0.2, 0.25) is 0 Å². The fraction of sp³-hybridized carbons (Fsp3) is 0.222. The number of amides is 1. The monoisotopic (exact) mass is 201 g/mol. The summed E-state index contributed by atoms with van der Waals surface area (Å²) in [5.41, 5.74) is 0.0354. The molecule has 0 saturated heterocycles. The maximum atomic E-state index is 12.7. The van der Waals surface area contributed by atoms with E-state index in [-0.39, 0.29) is 5.56 Å². The molecule has 1 aromatic carbocycles. The summed E-state index contributed by atoms with van der Waals surface area (Å²) in [6.45, 7) is 0. The van der Waals surface area contributed by atoms with Crippen LogP contribution in [0.3, 0.4) is 0 Å². The van der Waals surface area contributed by atoms with Gasteiger partial charge in [0, 0.05) is 12.6 Å². The Kier molecular flexibility index (Phi) is 3.14. The molecule has 0 aromatic heterocycles. The molecule has 0 aliphatic carbocycles. The molecule has 1 rings (SSSR count). The molecule has 5 heteroatoms. The molecular formula is C9H9F2NO2. The second-order valence-electron chi connectivity index (χ2n) is 2.61. The highest BCUT2D eigenvalue weighted by Gasteiger charge is 2.13. The SMILES string of the molecule is CON(C)C(=O)c1ccc(F)c(F)c1. The Morgan fingerprint density at radius 2 is 2.00 bits per heavy atom. The van der Waals surface area contributed by atoms with Crippen LogP contribution in [0.1, 0.15) is 10.4 Å². The molecule has 0 unspecified atom stereocenters. The van der Waals surface area contributed by atoms with Crippen LogP contribution in [0, 0.1) is 11.6 Å². The van der Waals surface area contributed by atoms with Gasteiger partial charge in [0.05, 0.1) is 7.11 Å². The molecule has 0 radical (unpaired) electrons. The highest BCUT2D eigenvalue weighted by molar-refractivity contribution is 5.93. The Labute approximate surface area is 79.8 Å². The number of halogens is 2. The zero-order valence-corrected chi connectivity index (χ0v) is 7.75. The van der Waals surface area contributed by atoms with Crippen molar-refractivity contribution in [2.75, 3.05) is 14.2 Å². The van der Waals surface area contributed by atoms with Crippen molar-refractivity contribution in [1.82, 2.24) is 5.06 Å². The number of hydroxylamine groups is 2. The van der Waals surface area contributed by atoms with Gasteiger partial charge in [-0.25, -0.2) is 13.8 Å². The van der Waals surface area contributed by atoms with Crippen LogP contribution in [0.4, 0.5) is 8.78 Å². The highest BCUT2D eigenvalue weighted by Crippen LogP contribution is 2.10. The Morgan fingerprint density at radius 1 is 1.36 bits per heavy atom. The number of carbonyl (C=O) groups is 1. The van der Waals surface area contributed by atoms with Crippen molar-refractivity contribution in [3.05, 3.63) is 35.4 Å². The van der Waals surface area contributed by atoms with Crippen LogP contribution in [-0.4, -0.2) is 25.1 Å². The smallest absolute Gasteiger partial charge is 0.274 e. The van der Waals surface area contributed by atoms with E-state index < -0.39 is 17.5 Å². The molecule has 0 aliphatic heterocycles. The number of hydrogen-bond donors (Lipinski definition) is 0. The van der Waals surface area contributed by atoms with E-state index >= 15 is 0 Å². The summed E-state index contributed by atoms with van der Waals surface area (Å²) in [5.74, 6) is -2.58. The van der Waals surface area contributed by atoms with Gasteiger partial charge in [0.25, 0.3) is 5.91 Å². The topological polar surface area (TPSA) is 29.5 Å². The highest BCUT2D eigenvalue weighted by atomic mass is 19.2. The van der Waals surface area contributed by atoms with E-state index in [0.29, 0.717) is 0 Å². The van der Waals surface area contributed by atoms with Crippen molar-refractivity contribution in [3.63, 3.8) is 0 Å². The number of benzene rings is 1. The molecule has 0 fully saturated rings. The standard InChI is InChI=1S/C9H9F2NO2/c1-12(14-2)9(13)6-3-4-7(10)8(11)5-6/h3-5H,1-2H3. The summed E-state index contributed by atoms with van der Waals surface area (Å²) in [4.78, 5) is 16.0.